The van der Waals surface area contributed by atoms with E-state index in [1.54, 1.807) is 20.5 Å². The lowest BCUT2D eigenvalue weighted by Crippen LogP contribution is -2.44. The molecule has 0 unspecified atom stereocenters. The maximum absolute atomic E-state index is 13.0. The Morgan fingerprint density at radius 2 is 1.79 bits per heavy atom. The number of aryl methyl sites for hydroxylation is 1. The molecule has 0 aliphatic carbocycles. The molecule has 3 aromatic rings. The standard InChI is InChI=1S/C25H32N6O2/c1-28-10-12-30(13-11-28)20-6-4-19(5-7-20)21-14-22-23(25(32)29(2)17-26-22)24(27-21)31-9-8-18(15-31)16-33-3/h4-7,14,17-18H,8-13,15-16H2,1-3H3/t18-/m0/s1. The molecule has 1 aromatic carbocycles. The first-order valence-electron chi connectivity index (χ1n) is 11.7. The smallest absolute Gasteiger partial charge is 0.264 e. The molecule has 2 fully saturated rings. The number of ether oxygens (including phenoxy) is 1. The summed E-state index contributed by atoms with van der Waals surface area (Å²) in [4.78, 5) is 29.6. The number of rotatable bonds is 5. The van der Waals surface area contributed by atoms with Gasteiger partial charge in [-0.2, -0.15) is 0 Å². The normalized spacial score (nSPS) is 19.5. The fourth-order valence-electron chi connectivity index (χ4n) is 4.88. The zero-order valence-corrected chi connectivity index (χ0v) is 19.7. The third-order valence-electron chi connectivity index (χ3n) is 6.90. The molecule has 5 rings (SSSR count). The van der Waals surface area contributed by atoms with Crippen LogP contribution in [0.15, 0.2) is 41.5 Å². The van der Waals surface area contributed by atoms with Crippen LogP contribution in [0.2, 0.25) is 0 Å². The van der Waals surface area contributed by atoms with Gasteiger partial charge in [-0.25, -0.2) is 9.97 Å². The van der Waals surface area contributed by atoms with Crippen LogP contribution in [0.3, 0.4) is 0 Å². The summed E-state index contributed by atoms with van der Waals surface area (Å²) < 4.78 is 6.90. The lowest BCUT2D eigenvalue weighted by Gasteiger charge is -2.34. The summed E-state index contributed by atoms with van der Waals surface area (Å²) in [7, 11) is 5.65. The first-order chi connectivity index (χ1) is 16.0. The Morgan fingerprint density at radius 3 is 2.52 bits per heavy atom. The van der Waals surface area contributed by atoms with Crippen molar-refractivity contribution in [3.05, 3.63) is 47.0 Å². The maximum atomic E-state index is 13.0. The van der Waals surface area contributed by atoms with Crippen LogP contribution in [0.5, 0.6) is 0 Å². The van der Waals surface area contributed by atoms with Crippen molar-refractivity contribution in [1.29, 1.82) is 0 Å². The second-order valence-corrected chi connectivity index (χ2v) is 9.28. The van der Waals surface area contributed by atoms with E-state index in [1.807, 2.05) is 6.07 Å². The fourth-order valence-corrected chi connectivity index (χ4v) is 4.88. The van der Waals surface area contributed by atoms with E-state index in [2.05, 4.69) is 51.0 Å². The predicted octanol–water partition coefficient (Wildman–Crippen LogP) is 2.22. The predicted molar refractivity (Wildman–Crippen MR) is 132 cm³/mol. The molecule has 8 nitrogen and oxygen atoms in total. The lowest BCUT2D eigenvalue weighted by molar-refractivity contribution is 0.161. The van der Waals surface area contributed by atoms with Gasteiger partial charge in [0.25, 0.3) is 5.56 Å². The Kier molecular flexibility index (Phi) is 6.03. The Hall–Kier alpha value is -2.97. The minimum Gasteiger partial charge on any atom is -0.384 e. The summed E-state index contributed by atoms with van der Waals surface area (Å²) in [6.45, 7) is 6.66. The SMILES string of the molecule is COC[C@H]1CCN(c2nc(-c3ccc(N4CCN(C)CC4)cc3)cc3ncn(C)c(=O)c23)C1. The zero-order valence-electron chi connectivity index (χ0n) is 19.7. The summed E-state index contributed by atoms with van der Waals surface area (Å²) in [6.07, 6.45) is 2.62. The Morgan fingerprint density at radius 1 is 1.03 bits per heavy atom. The molecule has 0 bridgehead atoms. The molecule has 2 aromatic heterocycles. The number of benzene rings is 1. The lowest BCUT2D eigenvalue weighted by atomic mass is 10.1. The average Bonchev–Trinajstić information content (AvgIpc) is 3.30. The molecule has 0 saturated carbocycles. The van der Waals surface area contributed by atoms with Gasteiger partial charge in [-0.05, 0) is 31.7 Å². The number of piperazine rings is 1. The van der Waals surface area contributed by atoms with Gasteiger partial charge >= 0.3 is 0 Å². The molecule has 2 aliphatic heterocycles. The van der Waals surface area contributed by atoms with E-state index >= 15 is 0 Å². The average molecular weight is 449 g/mol. The van der Waals surface area contributed by atoms with Gasteiger partial charge in [0.05, 0.1) is 24.1 Å². The number of nitrogens with zero attached hydrogens (tertiary/aromatic N) is 6. The van der Waals surface area contributed by atoms with Crippen LogP contribution in [0.1, 0.15) is 6.42 Å². The van der Waals surface area contributed by atoms with Crippen LogP contribution in [0, 0.1) is 5.92 Å². The minimum absolute atomic E-state index is 0.0605. The van der Waals surface area contributed by atoms with Crippen molar-refractivity contribution in [2.24, 2.45) is 13.0 Å². The monoisotopic (exact) mass is 448 g/mol. The quantitative estimate of drug-likeness (QED) is 0.593. The van der Waals surface area contributed by atoms with Crippen LogP contribution >= 0.6 is 0 Å². The molecule has 174 valence electrons. The molecule has 4 heterocycles. The van der Waals surface area contributed by atoms with Crippen LogP contribution < -0.4 is 15.4 Å². The molecular weight excluding hydrogens is 416 g/mol. The summed E-state index contributed by atoms with van der Waals surface area (Å²) in [5.74, 6) is 1.18. The van der Waals surface area contributed by atoms with Gasteiger partial charge in [0.15, 0.2) is 0 Å². The van der Waals surface area contributed by atoms with E-state index in [4.69, 9.17) is 9.72 Å². The van der Waals surface area contributed by atoms with Gasteiger partial charge in [0.2, 0.25) is 0 Å². The van der Waals surface area contributed by atoms with Crippen molar-refractivity contribution in [3.63, 3.8) is 0 Å². The highest BCUT2D eigenvalue weighted by Gasteiger charge is 2.27. The van der Waals surface area contributed by atoms with Gasteiger partial charge in [-0.3, -0.25) is 4.79 Å². The molecule has 0 amide bonds. The second-order valence-electron chi connectivity index (χ2n) is 9.28. The molecule has 2 saturated heterocycles. The second kappa shape index (κ2) is 9.11. The van der Waals surface area contributed by atoms with Crippen molar-refractivity contribution in [2.45, 2.75) is 6.42 Å². The van der Waals surface area contributed by atoms with Gasteiger partial charge < -0.3 is 24.0 Å². The molecule has 2 aliphatic rings. The number of likely N-dealkylation sites (N-methyl/N-ethyl adjacent to an activating group) is 1. The van der Waals surface area contributed by atoms with Crippen molar-refractivity contribution >= 4 is 22.4 Å². The minimum atomic E-state index is -0.0605. The zero-order chi connectivity index (χ0) is 22.9. The van der Waals surface area contributed by atoms with E-state index < -0.39 is 0 Å². The van der Waals surface area contributed by atoms with E-state index in [1.165, 1.54) is 10.3 Å². The molecule has 0 N–H and O–H groups in total. The van der Waals surface area contributed by atoms with Crippen molar-refractivity contribution < 1.29 is 4.74 Å². The number of anilines is 2. The van der Waals surface area contributed by atoms with Crippen LogP contribution in [-0.4, -0.2) is 79.5 Å². The van der Waals surface area contributed by atoms with Crippen LogP contribution in [0.25, 0.3) is 22.2 Å². The van der Waals surface area contributed by atoms with E-state index in [-0.39, 0.29) is 5.56 Å². The first-order valence-corrected chi connectivity index (χ1v) is 11.7. The topological polar surface area (TPSA) is 66.7 Å². The van der Waals surface area contributed by atoms with Crippen LogP contribution in [-0.2, 0) is 11.8 Å². The van der Waals surface area contributed by atoms with Crippen molar-refractivity contribution in [1.82, 2.24) is 19.4 Å². The molecule has 33 heavy (non-hydrogen) atoms. The number of hydrogen-bond acceptors (Lipinski definition) is 7. The first kappa shape index (κ1) is 21.9. The van der Waals surface area contributed by atoms with Crippen molar-refractivity contribution in [2.75, 3.05) is 69.8 Å². The number of hydrogen-bond donors (Lipinski definition) is 0. The highest BCUT2D eigenvalue weighted by atomic mass is 16.5. The van der Waals surface area contributed by atoms with Crippen LogP contribution in [0.4, 0.5) is 11.5 Å². The largest absolute Gasteiger partial charge is 0.384 e. The van der Waals surface area contributed by atoms with E-state index in [9.17, 15) is 4.79 Å². The Balaban J connectivity index is 1.51. The highest BCUT2D eigenvalue weighted by Crippen LogP contribution is 2.31. The molecule has 1 atom stereocenters. The summed E-state index contributed by atoms with van der Waals surface area (Å²) in [5.41, 5.74) is 3.75. The number of pyridine rings is 1. The molecule has 0 radical (unpaired) electrons. The number of methoxy groups -OCH3 is 1. The summed E-state index contributed by atoms with van der Waals surface area (Å²) >= 11 is 0. The van der Waals surface area contributed by atoms with E-state index in [0.717, 1.165) is 69.4 Å². The van der Waals surface area contributed by atoms with Gasteiger partial charge in [0.1, 0.15) is 11.2 Å². The van der Waals surface area contributed by atoms with Gasteiger partial charge in [0, 0.05) is 70.6 Å². The van der Waals surface area contributed by atoms with Crippen molar-refractivity contribution in [3.8, 4) is 11.3 Å². The third-order valence-corrected chi connectivity index (χ3v) is 6.90. The Bertz CT molecular complexity index is 1180. The molecule has 0 spiro atoms. The summed E-state index contributed by atoms with van der Waals surface area (Å²) in [5, 5.41) is 0.593. The number of fused-ring (bicyclic) bond motifs is 1. The molecule has 8 heteroatoms. The number of aromatic nitrogens is 3. The maximum Gasteiger partial charge on any atom is 0.264 e. The third kappa shape index (κ3) is 4.32. The van der Waals surface area contributed by atoms with Gasteiger partial charge in [-0.1, -0.05) is 12.1 Å². The van der Waals surface area contributed by atoms with E-state index in [0.29, 0.717) is 16.8 Å². The molecular formula is C25H32N6O2. The van der Waals surface area contributed by atoms with Gasteiger partial charge in [-0.15, -0.1) is 0 Å². The summed E-state index contributed by atoms with van der Waals surface area (Å²) in [6, 6.07) is 10.5. The Labute approximate surface area is 194 Å². The highest BCUT2D eigenvalue weighted by molar-refractivity contribution is 5.92. The fraction of sp³-hybridized carbons (Fsp3) is 0.480.